The van der Waals surface area contributed by atoms with Gasteiger partial charge in [0, 0.05) is 31.7 Å². The van der Waals surface area contributed by atoms with Crippen molar-refractivity contribution in [3.8, 4) is 0 Å². The van der Waals surface area contributed by atoms with Gasteiger partial charge in [-0.1, -0.05) is 0 Å². The first-order chi connectivity index (χ1) is 10.1. The molecule has 21 heavy (non-hydrogen) atoms. The number of nitrogens with zero attached hydrogens (tertiary/aromatic N) is 4. The lowest BCUT2D eigenvalue weighted by Gasteiger charge is -2.03. The summed E-state index contributed by atoms with van der Waals surface area (Å²) < 4.78 is 3.25. The van der Waals surface area contributed by atoms with Gasteiger partial charge in [-0.25, -0.2) is 0 Å². The third-order valence-corrected chi connectivity index (χ3v) is 2.86. The molecule has 2 heterocycles. The van der Waals surface area contributed by atoms with Crippen LogP contribution in [0, 0.1) is 0 Å². The van der Waals surface area contributed by atoms with E-state index in [2.05, 4.69) is 15.5 Å². The van der Waals surface area contributed by atoms with Crippen LogP contribution >= 0.6 is 0 Å². The molecule has 0 fully saturated rings. The van der Waals surface area contributed by atoms with Gasteiger partial charge in [-0.15, -0.1) is 0 Å². The maximum Gasteiger partial charge on any atom is 0.305 e. The largest absolute Gasteiger partial charge is 0.481 e. The Hall–Kier alpha value is -2.64. The van der Waals surface area contributed by atoms with Crippen molar-refractivity contribution in [2.75, 3.05) is 6.54 Å². The van der Waals surface area contributed by atoms with E-state index in [4.69, 9.17) is 5.11 Å². The SMILES string of the molecule is O=C(O)CCn1cc(C(=O)NCCCn2cccn2)cn1. The zero-order chi connectivity index (χ0) is 15.1. The van der Waals surface area contributed by atoms with Crippen LogP contribution < -0.4 is 5.32 Å². The van der Waals surface area contributed by atoms with E-state index < -0.39 is 5.97 Å². The van der Waals surface area contributed by atoms with Gasteiger partial charge in [-0.05, 0) is 12.5 Å². The molecule has 8 nitrogen and oxygen atoms in total. The van der Waals surface area contributed by atoms with E-state index >= 15 is 0 Å². The van der Waals surface area contributed by atoms with Gasteiger partial charge >= 0.3 is 5.97 Å². The number of carbonyl (C=O) groups excluding carboxylic acids is 1. The first kappa shape index (κ1) is 14.8. The average molecular weight is 291 g/mol. The van der Waals surface area contributed by atoms with E-state index in [-0.39, 0.29) is 18.9 Å². The highest BCUT2D eigenvalue weighted by atomic mass is 16.4. The molecule has 0 bridgehead atoms. The number of hydrogen-bond donors (Lipinski definition) is 2. The third kappa shape index (κ3) is 4.75. The van der Waals surface area contributed by atoms with Crippen molar-refractivity contribution in [1.82, 2.24) is 24.9 Å². The maximum absolute atomic E-state index is 11.9. The van der Waals surface area contributed by atoms with E-state index in [9.17, 15) is 9.59 Å². The summed E-state index contributed by atoms with van der Waals surface area (Å²) in [6.45, 7) is 1.53. The standard InChI is InChI=1S/C13H17N5O3/c19-12(20)3-8-18-10-11(9-16-18)13(21)14-4-1-6-17-7-2-5-15-17/h2,5,7,9-10H,1,3-4,6,8H2,(H,14,21)(H,19,20). The van der Waals surface area contributed by atoms with Crippen LogP contribution in [0.5, 0.6) is 0 Å². The van der Waals surface area contributed by atoms with Gasteiger partial charge in [0.05, 0.1) is 24.7 Å². The van der Waals surface area contributed by atoms with Crippen LogP contribution in [0.3, 0.4) is 0 Å². The summed E-state index contributed by atoms with van der Waals surface area (Å²) in [4.78, 5) is 22.3. The molecule has 0 aliphatic rings. The Morgan fingerprint density at radius 1 is 1.24 bits per heavy atom. The molecule has 0 aliphatic heterocycles. The fourth-order valence-corrected chi connectivity index (χ4v) is 1.79. The number of rotatable bonds is 8. The number of aryl methyl sites for hydroxylation is 2. The molecule has 0 radical (unpaired) electrons. The normalized spacial score (nSPS) is 10.5. The molecule has 0 saturated carbocycles. The lowest BCUT2D eigenvalue weighted by molar-refractivity contribution is -0.137. The summed E-state index contributed by atoms with van der Waals surface area (Å²) in [6, 6.07) is 1.85. The Labute approximate surface area is 121 Å². The van der Waals surface area contributed by atoms with Crippen LogP contribution in [0.25, 0.3) is 0 Å². The van der Waals surface area contributed by atoms with Gasteiger partial charge in [0.2, 0.25) is 0 Å². The number of nitrogens with one attached hydrogen (secondary N) is 1. The second kappa shape index (κ2) is 7.22. The Morgan fingerprint density at radius 2 is 2.10 bits per heavy atom. The van der Waals surface area contributed by atoms with Gasteiger partial charge < -0.3 is 10.4 Å². The lowest BCUT2D eigenvalue weighted by Crippen LogP contribution is -2.25. The van der Waals surface area contributed by atoms with Crippen LogP contribution in [-0.2, 0) is 17.9 Å². The van der Waals surface area contributed by atoms with Crippen LogP contribution in [-0.4, -0.2) is 43.1 Å². The number of hydrogen-bond acceptors (Lipinski definition) is 4. The molecule has 0 unspecified atom stereocenters. The van der Waals surface area contributed by atoms with Gasteiger partial charge in [0.15, 0.2) is 0 Å². The Morgan fingerprint density at radius 3 is 2.81 bits per heavy atom. The molecular formula is C13H17N5O3. The molecule has 0 atom stereocenters. The topological polar surface area (TPSA) is 102 Å². The summed E-state index contributed by atoms with van der Waals surface area (Å²) in [6.07, 6.45) is 7.32. The number of aliphatic carboxylic acids is 1. The molecule has 2 aromatic heterocycles. The fourth-order valence-electron chi connectivity index (χ4n) is 1.79. The number of amides is 1. The van der Waals surface area contributed by atoms with Crippen LogP contribution in [0.15, 0.2) is 30.9 Å². The quantitative estimate of drug-likeness (QED) is 0.684. The van der Waals surface area contributed by atoms with Gasteiger partial charge in [-0.3, -0.25) is 19.0 Å². The molecule has 1 amide bonds. The zero-order valence-corrected chi connectivity index (χ0v) is 11.5. The van der Waals surface area contributed by atoms with Gasteiger partial charge in [-0.2, -0.15) is 10.2 Å². The fraction of sp³-hybridized carbons (Fsp3) is 0.385. The molecule has 2 N–H and O–H groups in total. The maximum atomic E-state index is 11.9. The molecule has 0 saturated heterocycles. The van der Waals surface area contributed by atoms with Crippen molar-refractivity contribution >= 4 is 11.9 Å². The second-order valence-corrected chi connectivity index (χ2v) is 4.51. The molecule has 8 heteroatoms. The van der Waals surface area contributed by atoms with Gasteiger partial charge in [0.25, 0.3) is 5.91 Å². The Kier molecular flexibility index (Phi) is 5.08. The number of carboxylic acids is 1. The highest BCUT2D eigenvalue weighted by molar-refractivity contribution is 5.93. The number of carboxylic acid groups (broad SMARTS) is 1. The predicted octanol–water partition coefficient (Wildman–Crippen LogP) is 0.374. The highest BCUT2D eigenvalue weighted by Gasteiger charge is 2.08. The second-order valence-electron chi connectivity index (χ2n) is 4.51. The van der Waals surface area contributed by atoms with E-state index in [0.717, 1.165) is 13.0 Å². The van der Waals surface area contributed by atoms with Crippen molar-refractivity contribution in [2.45, 2.75) is 25.9 Å². The molecule has 2 rings (SSSR count). The number of carbonyl (C=O) groups is 2. The molecule has 0 aromatic carbocycles. The minimum Gasteiger partial charge on any atom is -0.481 e. The summed E-state index contributed by atoms with van der Waals surface area (Å²) in [5.74, 6) is -1.10. The molecular weight excluding hydrogens is 274 g/mol. The predicted molar refractivity (Wildman–Crippen MR) is 73.7 cm³/mol. The van der Waals surface area contributed by atoms with Crippen LogP contribution in [0.1, 0.15) is 23.2 Å². The zero-order valence-electron chi connectivity index (χ0n) is 11.5. The molecule has 0 aliphatic carbocycles. The van der Waals surface area contributed by atoms with Crippen molar-refractivity contribution in [2.24, 2.45) is 0 Å². The first-order valence-corrected chi connectivity index (χ1v) is 6.65. The van der Waals surface area contributed by atoms with E-state index in [1.165, 1.54) is 10.9 Å². The summed E-state index contributed by atoms with van der Waals surface area (Å²) in [5, 5.41) is 19.4. The highest BCUT2D eigenvalue weighted by Crippen LogP contribution is 1.99. The average Bonchev–Trinajstić information content (AvgIpc) is 3.12. The van der Waals surface area contributed by atoms with Crippen LogP contribution in [0.4, 0.5) is 0 Å². The molecule has 0 spiro atoms. The summed E-state index contributed by atoms with van der Waals surface area (Å²) >= 11 is 0. The smallest absolute Gasteiger partial charge is 0.305 e. The third-order valence-electron chi connectivity index (χ3n) is 2.86. The monoisotopic (exact) mass is 291 g/mol. The Balaban J connectivity index is 1.71. The van der Waals surface area contributed by atoms with Gasteiger partial charge in [0.1, 0.15) is 0 Å². The van der Waals surface area contributed by atoms with Crippen molar-refractivity contribution in [3.05, 3.63) is 36.4 Å². The van der Waals surface area contributed by atoms with Crippen molar-refractivity contribution in [1.29, 1.82) is 0 Å². The first-order valence-electron chi connectivity index (χ1n) is 6.65. The molecule has 2 aromatic rings. The van der Waals surface area contributed by atoms with E-state index in [1.54, 1.807) is 17.1 Å². The van der Waals surface area contributed by atoms with Crippen molar-refractivity contribution < 1.29 is 14.7 Å². The minimum atomic E-state index is -0.893. The Bertz CT molecular complexity index is 591. The summed E-state index contributed by atoms with van der Waals surface area (Å²) in [5.41, 5.74) is 0.430. The van der Waals surface area contributed by atoms with Crippen LogP contribution in [0.2, 0.25) is 0 Å². The van der Waals surface area contributed by atoms with E-state index in [0.29, 0.717) is 12.1 Å². The molecule has 112 valence electrons. The minimum absolute atomic E-state index is 0.0212. The van der Waals surface area contributed by atoms with E-state index in [1.807, 2.05) is 12.3 Å². The lowest BCUT2D eigenvalue weighted by atomic mass is 10.3. The van der Waals surface area contributed by atoms with Crippen molar-refractivity contribution in [3.63, 3.8) is 0 Å². The number of aromatic nitrogens is 4. The summed E-state index contributed by atoms with van der Waals surface area (Å²) in [7, 11) is 0.